The Kier molecular flexibility index (Phi) is 7.69. The van der Waals surface area contributed by atoms with Gasteiger partial charge in [-0.3, -0.25) is 9.62 Å². The summed E-state index contributed by atoms with van der Waals surface area (Å²) in [6.45, 7) is 3.39. The maximum Gasteiger partial charge on any atom is 0.266 e. The van der Waals surface area contributed by atoms with Crippen molar-refractivity contribution >= 4 is 43.8 Å². The highest BCUT2D eigenvalue weighted by atomic mass is 35.5. The summed E-state index contributed by atoms with van der Waals surface area (Å²) < 4.78 is 41.5. The monoisotopic (exact) mass is 461 g/mol. The zero-order chi connectivity index (χ0) is 20.9. The molecule has 0 saturated carbocycles. The van der Waals surface area contributed by atoms with Gasteiger partial charge in [0.05, 0.1) is 10.7 Å². The minimum atomic E-state index is -4.10. The molecule has 29 heavy (non-hydrogen) atoms. The fourth-order valence-electron chi connectivity index (χ4n) is 3.43. The first-order valence-electron chi connectivity index (χ1n) is 9.50. The minimum Gasteiger partial charge on any atom is -0.384 e. The first kappa shape index (κ1) is 22.2. The van der Waals surface area contributed by atoms with Crippen LogP contribution in [-0.4, -0.2) is 50.5 Å². The van der Waals surface area contributed by atoms with E-state index >= 15 is 0 Å². The number of thiazole rings is 1. The lowest BCUT2D eigenvalue weighted by atomic mass is 10.2. The van der Waals surface area contributed by atoms with Gasteiger partial charge in [0, 0.05) is 30.7 Å². The lowest BCUT2D eigenvalue weighted by Gasteiger charge is -2.22. The van der Waals surface area contributed by atoms with Crippen molar-refractivity contribution in [2.24, 2.45) is 5.73 Å². The molecular weight excluding hydrogens is 437 g/mol. The highest BCUT2D eigenvalue weighted by Gasteiger charge is 2.23. The van der Waals surface area contributed by atoms with E-state index in [0.29, 0.717) is 24.8 Å². The van der Waals surface area contributed by atoms with Gasteiger partial charge in [-0.1, -0.05) is 11.6 Å². The minimum absolute atomic E-state index is 0.147. The Labute approximate surface area is 179 Å². The van der Waals surface area contributed by atoms with E-state index in [4.69, 9.17) is 17.3 Å². The number of nitrogens with zero attached hydrogens (tertiary/aromatic N) is 2. The average Bonchev–Trinajstić information content (AvgIpc) is 3.34. The van der Waals surface area contributed by atoms with Crippen LogP contribution in [0.1, 0.15) is 25.7 Å². The molecule has 0 bridgehead atoms. The molecule has 1 aliphatic rings. The first-order chi connectivity index (χ1) is 13.9. The maximum atomic E-state index is 14.5. The number of nitrogens with two attached hydrogens (primary N) is 1. The number of anilines is 2. The second-order valence-corrected chi connectivity index (χ2v) is 9.86. The number of sulfonamides is 1. The lowest BCUT2D eigenvalue weighted by Crippen LogP contribution is -2.36. The summed E-state index contributed by atoms with van der Waals surface area (Å²) in [7, 11) is -4.10. The Morgan fingerprint density at radius 1 is 1.38 bits per heavy atom. The molecule has 0 spiro atoms. The summed E-state index contributed by atoms with van der Waals surface area (Å²) in [5.41, 5.74) is 6.16. The number of unbranched alkanes of at least 4 members (excludes halogenated alkanes) is 1. The third-order valence-electron chi connectivity index (χ3n) is 4.92. The second kappa shape index (κ2) is 10.0. The second-order valence-electron chi connectivity index (χ2n) is 6.91. The standard InChI is InChI=1S/C18H25ClFN5O2S2/c19-14-10-17(29(26,27)24-18-23-6-9-28-18)15(20)11-16(14)22-5-1-2-7-25-8-3-4-13(25)12-21/h6,9-11,13,22H,1-5,7-8,12,21H2,(H,23,24)/t13-/m1/s1. The molecule has 0 amide bonds. The smallest absolute Gasteiger partial charge is 0.266 e. The molecule has 2 heterocycles. The predicted molar refractivity (Wildman–Crippen MR) is 116 cm³/mol. The molecule has 7 nitrogen and oxygen atoms in total. The number of benzene rings is 1. The van der Waals surface area contributed by atoms with Crippen LogP contribution in [0.5, 0.6) is 0 Å². The van der Waals surface area contributed by atoms with Gasteiger partial charge in [-0.15, -0.1) is 11.3 Å². The van der Waals surface area contributed by atoms with E-state index in [1.807, 2.05) is 0 Å². The summed E-state index contributed by atoms with van der Waals surface area (Å²) in [4.78, 5) is 5.75. The summed E-state index contributed by atoms with van der Waals surface area (Å²) in [5, 5.41) is 5.02. The van der Waals surface area contributed by atoms with Crippen LogP contribution in [0.3, 0.4) is 0 Å². The highest BCUT2D eigenvalue weighted by molar-refractivity contribution is 7.93. The molecule has 2 aromatic rings. The summed E-state index contributed by atoms with van der Waals surface area (Å²) in [6.07, 6.45) is 5.70. The number of likely N-dealkylation sites (tertiary alicyclic amines) is 1. The normalized spacial score (nSPS) is 17.6. The number of halogens is 2. The molecule has 4 N–H and O–H groups in total. The van der Waals surface area contributed by atoms with Crippen molar-refractivity contribution in [3.63, 3.8) is 0 Å². The molecule has 1 aromatic heterocycles. The van der Waals surface area contributed by atoms with Gasteiger partial charge in [-0.05, 0) is 50.9 Å². The molecule has 0 radical (unpaired) electrons. The van der Waals surface area contributed by atoms with E-state index in [2.05, 4.69) is 19.9 Å². The molecule has 1 atom stereocenters. The van der Waals surface area contributed by atoms with Crippen LogP contribution < -0.4 is 15.8 Å². The highest BCUT2D eigenvalue weighted by Crippen LogP contribution is 2.29. The van der Waals surface area contributed by atoms with Crippen LogP contribution in [-0.2, 0) is 10.0 Å². The number of aromatic nitrogens is 1. The summed E-state index contributed by atoms with van der Waals surface area (Å²) >= 11 is 7.29. The Morgan fingerprint density at radius 2 is 2.21 bits per heavy atom. The zero-order valence-electron chi connectivity index (χ0n) is 15.9. The van der Waals surface area contributed by atoms with Gasteiger partial charge in [-0.2, -0.15) is 0 Å². The van der Waals surface area contributed by atoms with Crippen molar-refractivity contribution < 1.29 is 12.8 Å². The molecule has 160 valence electrons. The van der Waals surface area contributed by atoms with Crippen LogP contribution in [0.2, 0.25) is 5.02 Å². The average molecular weight is 462 g/mol. The van der Waals surface area contributed by atoms with Gasteiger partial charge in [0.2, 0.25) is 0 Å². The summed E-state index contributed by atoms with van der Waals surface area (Å²) in [5.74, 6) is -0.871. The zero-order valence-corrected chi connectivity index (χ0v) is 18.3. The van der Waals surface area contributed by atoms with Crippen LogP contribution in [0.25, 0.3) is 0 Å². The van der Waals surface area contributed by atoms with E-state index in [-0.39, 0.29) is 10.2 Å². The van der Waals surface area contributed by atoms with Crippen LogP contribution in [0, 0.1) is 5.82 Å². The van der Waals surface area contributed by atoms with Gasteiger partial charge in [-0.25, -0.2) is 17.8 Å². The van der Waals surface area contributed by atoms with Crippen molar-refractivity contribution in [2.45, 2.75) is 36.6 Å². The fraction of sp³-hybridized carbons (Fsp3) is 0.500. The van der Waals surface area contributed by atoms with Gasteiger partial charge in [0.1, 0.15) is 10.7 Å². The fourth-order valence-corrected chi connectivity index (χ4v) is 5.60. The maximum absolute atomic E-state index is 14.5. The predicted octanol–water partition coefficient (Wildman–Crippen LogP) is 3.35. The molecule has 0 unspecified atom stereocenters. The third-order valence-corrected chi connectivity index (χ3v) is 7.41. The van der Waals surface area contributed by atoms with E-state index in [9.17, 15) is 12.8 Å². The van der Waals surface area contributed by atoms with Crippen LogP contribution in [0.15, 0.2) is 28.6 Å². The van der Waals surface area contributed by atoms with E-state index in [0.717, 1.165) is 55.8 Å². The van der Waals surface area contributed by atoms with Gasteiger partial charge in [0.25, 0.3) is 10.0 Å². The molecular formula is C18H25ClFN5O2S2. The van der Waals surface area contributed by atoms with Crippen molar-refractivity contribution in [3.05, 3.63) is 34.5 Å². The van der Waals surface area contributed by atoms with Crippen LogP contribution >= 0.6 is 22.9 Å². The van der Waals surface area contributed by atoms with Gasteiger partial charge < -0.3 is 11.1 Å². The van der Waals surface area contributed by atoms with E-state index in [1.54, 1.807) is 5.38 Å². The first-order valence-corrected chi connectivity index (χ1v) is 12.2. The number of nitrogens with one attached hydrogen (secondary N) is 2. The van der Waals surface area contributed by atoms with Crippen LogP contribution in [0.4, 0.5) is 15.2 Å². The number of rotatable bonds is 10. The van der Waals surface area contributed by atoms with Crippen molar-refractivity contribution in [3.8, 4) is 0 Å². The molecule has 1 fully saturated rings. The molecule has 0 aliphatic carbocycles. The Bertz CT molecular complexity index is 911. The lowest BCUT2D eigenvalue weighted by molar-refractivity contribution is 0.254. The SMILES string of the molecule is NC[C@H]1CCCN1CCCCNc1cc(F)c(S(=O)(=O)Nc2nccs2)cc1Cl. The Hall–Kier alpha value is -1.46. The third kappa shape index (κ3) is 5.79. The summed E-state index contributed by atoms with van der Waals surface area (Å²) in [6, 6.07) is 2.72. The van der Waals surface area contributed by atoms with Crippen molar-refractivity contribution in [1.82, 2.24) is 9.88 Å². The largest absolute Gasteiger partial charge is 0.384 e. The Balaban J connectivity index is 1.54. The van der Waals surface area contributed by atoms with E-state index < -0.39 is 20.7 Å². The van der Waals surface area contributed by atoms with Crippen molar-refractivity contribution in [1.29, 1.82) is 0 Å². The number of hydrogen-bond acceptors (Lipinski definition) is 7. The molecule has 1 saturated heterocycles. The topological polar surface area (TPSA) is 100 Å². The van der Waals surface area contributed by atoms with E-state index in [1.165, 1.54) is 12.6 Å². The molecule has 3 rings (SSSR count). The molecule has 1 aromatic carbocycles. The number of hydrogen-bond donors (Lipinski definition) is 3. The van der Waals surface area contributed by atoms with Gasteiger partial charge in [0.15, 0.2) is 5.13 Å². The van der Waals surface area contributed by atoms with Gasteiger partial charge >= 0.3 is 0 Å². The van der Waals surface area contributed by atoms with Crippen molar-refractivity contribution in [2.75, 3.05) is 36.2 Å². The quantitative estimate of drug-likeness (QED) is 0.469. The molecule has 11 heteroatoms. The Morgan fingerprint density at radius 3 is 2.93 bits per heavy atom. The molecule has 1 aliphatic heterocycles.